The first-order chi connectivity index (χ1) is 14.7. The molecule has 0 amide bonds. The van der Waals surface area contributed by atoms with Gasteiger partial charge in [-0.05, 0) is 47.5 Å². The van der Waals surface area contributed by atoms with Gasteiger partial charge in [-0.25, -0.2) is 4.68 Å². The molecular formula is C24H21ClN2O3S. The molecule has 4 aromatic rings. The van der Waals surface area contributed by atoms with Gasteiger partial charge in [-0.1, -0.05) is 54.1 Å². The molecule has 4 rings (SSSR count). The first-order valence-electron chi connectivity index (χ1n) is 9.54. The molecule has 0 saturated heterocycles. The lowest BCUT2D eigenvalue weighted by atomic mass is 10.1. The molecule has 0 fully saturated rings. The van der Waals surface area contributed by atoms with Crippen LogP contribution in [0.4, 0.5) is 0 Å². The first kappa shape index (κ1) is 21.3. The van der Waals surface area contributed by atoms with Gasteiger partial charge in [0, 0.05) is 23.8 Å². The van der Waals surface area contributed by atoms with Crippen molar-refractivity contribution in [2.45, 2.75) is 11.8 Å². The minimum Gasteiger partial charge on any atom is -0.295 e. The van der Waals surface area contributed by atoms with Gasteiger partial charge in [0.2, 0.25) is 0 Å². The Balaban J connectivity index is 1.77. The van der Waals surface area contributed by atoms with Crippen molar-refractivity contribution in [3.05, 3.63) is 89.6 Å². The Labute approximate surface area is 187 Å². The summed E-state index contributed by atoms with van der Waals surface area (Å²) in [5.74, 6) is -0.126. The number of carbonyl (C=O) groups is 1. The third-order valence-electron chi connectivity index (χ3n) is 4.95. The SMILES string of the molecule is CC(=O)c1cc(-c2ccccc2Cl)n(-c2ccc(-c3cccc(S(C)(O)O)c3)cc2)n1. The Kier molecular flexibility index (Phi) is 5.73. The molecular weight excluding hydrogens is 432 g/mol. The summed E-state index contributed by atoms with van der Waals surface area (Å²) < 4.78 is 21.6. The lowest BCUT2D eigenvalue weighted by Gasteiger charge is -2.27. The van der Waals surface area contributed by atoms with Crippen molar-refractivity contribution in [2.24, 2.45) is 0 Å². The number of rotatable bonds is 5. The van der Waals surface area contributed by atoms with Crippen LogP contribution < -0.4 is 0 Å². The normalized spacial score (nSPS) is 12.0. The number of carbonyl (C=O) groups excluding carboxylic acids is 1. The van der Waals surface area contributed by atoms with Gasteiger partial charge in [0.15, 0.2) is 5.78 Å². The fourth-order valence-corrected chi connectivity index (χ4v) is 4.24. The van der Waals surface area contributed by atoms with Crippen LogP contribution in [-0.4, -0.2) is 30.9 Å². The summed E-state index contributed by atoms with van der Waals surface area (Å²) >= 11 is 6.40. The van der Waals surface area contributed by atoms with Gasteiger partial charge >= 0.3 is 0 Å². The molecule has 158 valence electrons. The van der Waals surface area contributed by atoms with Crippen molar-refractivity contribution in [3.63, 3.8) is 0 Å². The molecule has 0 radical (unpaired) electrons. The zero-order valence-corrected chi connectivity index (χ0v) is 18.6. The van der Waals surface area contributed by atoms with E-state index in [0.29, 0.717) is 15.6 Å². The highest BCUT2D eigenvalue weighted by molar-refractivity contribution is 8.23. The zero-order valence-electron chi connectivity index (χ0n) is 17.0. The van der Waals surface area contributed by atoms with Crippen LogP contribution in [-0.2, 0) is 0 Å². The molecule has 0 bridgehead atoms. The minimum atomic E-state index is -2.79. The van der Waals surface area contributed by atoms with E-state index in [4.69, 9.17) is 11.6 Å². The van der Waals surface area contributed by atoms with Crippen LogP contribution in [0.25, 0.3) is 28.1 Å². The Bertz CT molecular complexity index is 1260. The number of nitrogens with zero attached hydrogens (tertiary/aromatic N) is 2. The van der Waals surface area contributed by atoms with Gasteiger partial charge in [0.1, 0.15) is 5.69 Å². The van der Waals surface area contributed by atoms with Crippen molar-refractivity contribution in [2.75, 3.05) is 6.26 Å². The fourth-order valence-electron chi connectivity index (χ4n) is 3.32. The van der Waals surface area contributed by atoms with E-state index in [9.17, 15) is 13.9 Å². The second kappa shape index (κ2) is 8.32. The van der Waals surface area contributed by atoms with E-state index in [1.807, 2.05) is 48.5 Å². The van der Waals surface area contributed by atoms with E-state index in [0.717, 1.165) is 28.1 Å². The lowest BCUT2D eigenvalue weighted by Crippen LogP contribution is -2.01. The van der Waals surface area contributed by atoms with E-state index in [2.05, 4.69) is 5.10 Å². The number of aromatic nitrogens is 2. The average molecular weight is 453 g/mol. The predicted molar refractivity (Wildman–Crippen MR) is 126 cm³/mol. The van der Waals surface area contributed by atoms with Crippen LogP contribution in [0.15, 0.2) is 83.8 Å². The number of halogens is 1. The maximum atomic E-state index is 12.0. The van der Waals surface area contributed by atoms with Gasteiger partial charge < -0.3 is 0 Å². The van der Waals surface area contributed by atoms with Crippen LogP contribution in [0.3, 0.4) is 0 Å². The smallest absolute Gasteiger partial charge is 0.180 e. The third-order valence-corrected chi connectivity index (χ3v) is 6.42. The molecule has 0 aliphatic carbocycles. The molecule has 0 atom stereocenters. The summed E-state index contributed by atoms with van der Waals surface area (Å²) in [6, 6.07) is 24.1. The van der Waals surface area contributed by atoms with Crippen LogP contribution in [0.2, 0.25) is 5.02 Å². The lowest BCUT2D eigenvalue weighted by molar-refractivity contribution is 0.101. The quantitative estimate of drug-likeness (QED) is 0.326. The summed E-state index contributed by atoms with van der Waals surface area (Å²) in [6.45, 7) is 1.48. The standard InChI is InChI=1S/C24H21ClN2O3S/c1-16(28)23-15-24(21-8-3-4-9-22(21)25)27(26-23)19-12-10-17(11-13-19)18-6-5-7-20(14-18)31(2,29)30/h3-15,29-30H,1-2H3. The maximum Gasteiger partial charge on any atom is 0.180 e. The highest BCUT2D eigenvalue weighted by Crippen LogP contribution is 2.45. The topological polar surface area (TPSA) is 75.4 Å². The molecule has 1 aromatic heterocycles. The molecule has 7 heteroatoms. The molecule has 1 heterocycles. The monoisotopic (exact) mass is 452 g/mol. The second-order valence-electron chi connectivity index (χ2n) is 7.27. The van der Waals surface area contributed by atoms with Gasteiger partial charge in [-0.2, -0.15) is 15.7 Å². The first-order valence-corrected chi connectivity index (χ1v) is 11.9. The molecule has 3 aromatic carbocycles. The van der Waals surface area contributed by atoms with Crippen LogP contribution in [0, 0.1) is 0 Å². The molecule has 2 N–H and O–H groups in total. The largest absolute Gasteiger partial charge is 0.295 e. The number of hydrogen-bond acceptors (Lipinski definition) is 4. The molecule has 5 nitrogen and oxygen atoms in total. The van der Waals surface area contributed by atoms with Crippen molar-refractivity contribution in [1.82, 2.24) is 9.78 Å². The highest BCUT2D eigenvalue weighted by atomic mass is 35.5. The Morgan fingerprint density at radius 3 is 2.29 bits per heavy atom. The molecule has 0 spiro atoms. The van der Waals surface area contributed by atoms with Crippen LogP contribution in [0.1, 0.15) is 17.4 Å². The molecule has 0 aliphatic rings. The number of hydrogen-bond donors (Lipinski definition) is 2. The molecule has 0 saturated carbocycles. The second-order valence-corrected chi connectivity index (χ2v) is 9.82. The summed E-state index contributed by atoms with van der Waals surface area (Å²) in [6.07, 6.45) is 1.41. The van der Waals surface area contributed by atoms with Crippen molar-refractivity contribution in [1.29, 1.82) is 0 Å². The summed E-state index contributed by atoms with van der Waals surface area (Å²) in [5.41, 5.74) is 4.45. The van der Waals surface area contributed by atoms with Gasteiger partial charge in [-0.3, -0.25) is 13.9 Å². The number of benzene rings is 3. The number of Topliss-reactive ketones (excluding diaryl/α,β-unsaturated/α-hetero) is 1. The van der Waals surface area contributed by atoms with Gasteiger partial charge in [-0.15, -0.1) is 0 Å². The highest BCUT2D eigenvalue weighted by Gasteiger charge is 2.16. The van der Waals surface area contributed by atoms with E-state index < -0.39 is 10.6 Å². The molecule has 0 unspecified atom stereocenters. The van der Waals surface area contributed by atoms with Crippen molar-refractivity contribution >= 4 is 28.0 Å². The van der Waals surface area contributed by atoms with Gasteiger partial charge in [0.05, 0.1) is 16.3 Å². The van der Waals surface area contributed by atoms with E-state index >= 15 is 0 Å². The minimum absolute atomic E-state index is 0.126. The number of ketones is 1. The van der Waals surface area contributed by atoms with Crippen molar-refractivity contribution < 1.29 is 13.9 Å². The summed E-state index contributed by atoms with van der Waals surface area (Å²) in [5, 5.41) is 5.07. The summed E-state index contributed by atoms with van der Waals surface area (Å²) in [4.78, 5) is 12.5. The molecule has 0 aliphatic heterocycles. The predicted octanol–water partition coefficient (Wildman–Crippen LogP) is 6.80. The fraction of sp³-hybridized carbons (Fsp3) is 0.0833. The third kappa shape index (κ3) is 4.43. The maximum absolute atomic E-state index is 12.0. The Morgan fingerprint density at radius 1 is 0.935 bits per heavy atom. The zero-order chi connectivity index (χ0) is 22.2. The van der Waals surface area contributed by atoms with E-state index in [1.165, 1.54) is 13.2 Å². The Morgan fingerprint density at radius 2 is 1.65 bits per heavy atom. The van der Waals surface area contributed by atoms with Crippen LogP contribution >= 0.6 is 22.2 Å². The van der Waals surface area contributed by atoms with Gasteiger partial charge in [0.25, 0.3) is 0 Å². The molecule has 31 heavy (non-hydrogen) atoms. The van der Waals surface area contributed by atoms with E-state index in [1.54, 1.807) is 35.0 Å². The summed E-state index contributed by atoms with van der Waals surface area (Å²) in [7, 11) is -2.79. The van der Waals surface area contributed by atoms with Crippen molar-refractivity contribution in [3.8, 4) is 28.1 Å². The average Bonchev–Trinajstić information content (AvgIpc) is 3.19. The Hall–Kier alpha value is -2.90. The van der Waals surface area contributed by atoms with E-state index in [-0.39, 0.29) is 5.78 Å². The van der Waals surface area contributed by atoms with Crippen LogP contribution in [0.5, 0.6) is 0 Å².